The standard InChI is InChI=1S/C45H25N5/c46-26-29-12-16-32(17-13-29)34-22-35(33-6-5-7-36(23-33)49-42-10-3-1-8-38(42)39-9-2-4-11-43(39)49)25-37(24-34)50-44-18-14-30(27-47)20-40(44)41-21-31(28-48)15-19-45(41)50/h1-25H. The average Bonchev–Trinajstić information content (AvgIpc) is 3.70. The molecule has 9 aromatic rings. The minimum absolute atomic E-state index is 0.563. The van der Waals surface area contributed by atoms with Crippen LogP contribution in [0, 0.1) is 34.0 Å². The Morgan fingerprint density at radius 3 is 1.38 bits per heavy atom. The first-order chi connectivity index (χ1) is 24.6. The van der Waals surface area contributed by atoms with Crippen LogP contribution in [0.15, 0.2) is 152 Å². The largest absolute Gasteiger partial charge is 0.309 e. The van der Waals surface area contributed by atoms with Crippen molar-refractivity contribution in [2.75, 3.05) is 0 Å². The number of benzene rings is 7. The summed E-state index contributed by atoms with van der Waals surface area (Å²) in [5, 5.41) is 33.2. The predicted octanol–water partition coefficient (Wildman–Crippen LogP) is 10.8. The lowest BCUT2D eigenvalue weighted by atomic mass is 9.97. The van der Waals surface area contributed by atoms with E-state index in [-0.39, 0.29) is 0 Å². The fourth-order valence-electron chi connectivity index (χ4n) is 7.28. The molecule has 0 unspecified atom stereocenters. The molecule has 0 fully saturated rings. The molecule has 0 aliphatic rings. The lowest BCUT2D eigenvalue weighted by molar-refractivity contribution is 1.17. The first-order valence-electron chi connectivity index (χ1n) is 16.3. The highest BCUT2D eigenvalue weighted by molar-refractivity contribution is 6.11. The number of nitrogens with zero attached hydrogens (tertiary/aromatic N) is 5. The highest BCUT2D eigenvalue weighted by Gasteiger charge is 2.17. The Labute approximate surface area is 287 Å². The molecule has 0 aliphatic carbocycles. The van der Waals surface area contributed by atoms with E-state index in [1.807, 2.05) is 60.7 Å². The van der Waals surface area contributed by atoms with Crippen LogP contribution in [-0.2, 0) is 0 Å². The number of rotatable bonds is 4. The van der Waals surface area contributed by atoms with Crippen LogP contribution >= 0.6 is 0 Å². The fraction of sp³-hybridized carbons (Fsp3) is 0. The van der Waals surface area contributed by atoms with Crippen LogP contribution in [0.5, 0.6) is 0 Å². The van der Waals surface area contributed by atoms with Gasteiger partial charge in [0.2, 0.25) is 0 Å². The molecular weight excluding hydrogens is 611 g/mol. The molecule has 0 atom stereocenters. The summed E-state index contributed by atoms with van der Waals surface area (Å²) < 4.78 is 4.53. The first kappa shape index (κ1) is 28.8. The normalized spacial score (nSPS) is 11.1. The third kappa shape index (κ3) is 4.53. The van der Waals surface area contributed by atoms with Gasteiger partial charge >= 0.3 is 0 Å². The van der Waals surface area contributed by atoms with Gasteiger partial charge in [0.1, 0.15) is 0 Å². The van der Waals surface area contributed by atoms with Gasteiger partial charge < -0.3 is 9.13 Å². The van der Waals surface area contributed by atoms with E-state index >= 15 is 0 Å². The van der Waals surface area contributed by atoms with Crippen molar-refractivity contribution in [3.8, 4) is 51.8 Å². The van der Waals surface area contributed by atoms with E-state index < -0.39 is 0 Å². The summed E-state index contributed by atoms with van der Waals surface area (Å²) in [6.45, 7) is 0. The molecular formula is C45H25N5. The first-order valence-corrected chi connectivity index (χ1v) is 16.3. The van der Waals surface area contributed by atoms with Crippen LogP contribution in [0.2, 0.25) is 0 Å². The molecule has 230 valence electrons. The Morgan fingerprint density at radius 1 is 0.320 bits per heavy atom. The molecule has 0 saturated carbocycles. The lowest BCUT2D eigenvalue weighted by Gasteiger charge is -2.15. The highest BCUT2D eigenvalue weighted by Crippen LogP contribution is 2.38. The van der Waals surface area contributed by atoms with Gasteiger partial charge in [-0.05, 0) is 113 Å². The molecule has 5 heteroatoms. The van der Waals surface area contributed by atoms with E-state index in [0.29, 0.717) is 16.7 Å². The SMILES string of the molecule is N#Cc1ccc(-c2cc(-c3cccc(-n4c5ccccc5c5ccccc54)c3)cc(-n3c4ccc(C#N)cc4c4cc(C#N)ccc43)c2)cc1. The zero-order chi connectivity index (χ0) is 33.8. The second-order valence-corrected chi connectivity index (χ2v) is 12.4. The summed E-state index contributed by atoms with van der Waals surface area (Å²) in [6.07, 6.45) is 0. The van der Waals surface area contributed by atoms with Crippen molar-refractivity contribution < 1.29 is 0 Å². The van der Waals surface area contributed by atoms with E-state index in [4.69, 9.17) is 0 Å². The van der Waals surface area contributed by atoms with E-state index in [9.17, 15) is 15.8 Å². The van der Waals surface area contributed by atoms with Crippen LogP contribution in [-0.4, -0.2) is 9.13 Å². The zero-order valence-corrected chi connectivity index (χ0v) is 26.7. The molecule has 0 saturated heterocycles. The predicted molar refractivity (Wildman–Crippen MR) is 200 cm³/mol. The van der Waals surface area contributed by atoms with Crippen molar-refractivity contribution in [2.24, 2.45) is 0 Å². The molecule has 7 aromatic carbocycles. The van der Waals surface area contributed by atoms with Crippen LogP contribution in [0.1, 0.15) is 16.7 Å². The summed E-state index contributed by atoms with van der Waals surface area (Å²) in [5.74, 6) is 0. The summed E-state index contributed by atoms with van der Waals surface area (Å²) in [4.78, 5) is 0. The highest BCUT2D eigenvalue weighted by atomic mass is 15.0. The number of hydrogen-bond acceptors (Lipinski definition) is 3. The molecule has 0 amide bonds. The van der Waals surface area contributed by atoms with Crippen molar-refractivity contribution in [1.29, 1.82) is 15.8 Å². The van der Waals surface area contributed by atoms with E-state index in [1.54, 1.807) is 0 Å². The van der Waals surface area contributed by atoms with Gasteiger partial charge in [-0.1, -0.05) is 60.7 Å². The van der Waals surface area contributed by atoms with Crippen molar-refractivity contribution in [3.05, 3.63) is 168 Å². The second kappa shape index (κ2) is 11.4. The number of aromatic nitrogens is 2. The minimum atomic E-state index is 0.563. The molecule has 2 heterocycles. The van der Waals surface area contributed by atoms with Crippen LogP contribution in [0.25, 0.3) is 77.2 Å². The van der Waals surface area contributed by atoms with Gasteiger partial charge in [0.25, 0.3) is 0 Å². The van der Waals surface area contributed by atoms with Gasteiger partial charge in [0, 0.05) is 32.9 Å². The Balaban J connectivity index is 1.31. The van der Waals surface area contributed by atoms with Crippen molar-refractivity contribution in [3.63, 3.8) is 0 Å². The third-order valence-electron chi connectivity index (χ3n) is 9.56. The number of nitriles is 3. The summed E-state index contributed by atoms with van der Waals surface area (Å²) in [6, 6.07) is 58.1. The maximum absolute atomic E-state index is 9.73. The van der Waals surface area contributed by atoms with Gasteiger partial charge in [-0.3, -0.25) is 0 Å². The van der Waals surface area contributed by atoms with Crippen molar-refractivity contribution in [2.45, 2.75) is 0 Å². The van der Waals surface area contributed by atoms with Gasteiger partial charge in [-0.15, -0.1) is 0 Å². The number of fused-ring (bicyclic) bond motifs is 6. The summed E-state index contributed by atoms with van der Waals surface area (Å²) in [7, 11) is 0. The molecule has 50 heavy (non-hydrogen) atoms. The third-order valence-corrected chi connectivity index (χ3v) is 9.56. The Hall–Kier alpha value is -7.39. The van der Waals surface area contributed by atoms with Crippen LogP contribution in [0.4, 0.5) is 0 Å². The van der Waals surface area contributed by atoms with Crippen molar-refractivity contribution in [1.82, 2.24) is 9.13 Å². The maximum atomic E-state index is 9.73. The minimum Gasteiger partial charge on any atom is -0.309 e. The monoisotopic (exact) mass is 635 g/mol. The molecule has 0 aliphatic heterocycles. The summed E-state index contributed by atoms with van der Waals surface area (Å²) >= 11 is 0. The Morgan fingerprint density at radius 2 is 0.800 bits per heavy atom. The molecule has 5 nitrogen and oxygen atoms in total. The summed E-state index contributed by atoms with van der Waals surface area (Å²) in [5.41, 5.74) is 12.0. The van der Waals surface area contributed by atoms with Crippen LogP contribution in [0.3, 0.4) is 0 Å². The van der Waals surface area contributed by atoms with E-state index in [1.165, 1.54) is 10.8 Å². The number of hydrogen-bond donors (Lipinski definition) is 0. The smallest absolute Gasteiger partial charge is 0.0991 e. The van der Waals surface area contributed by atoms with Crippen LogP contribution < -0.4 is 0 Å². The van der Waals surface area contributed by atoms with Gasteiger partial charge in [-0.2, -0.15) is 15.8 Å². The quantitative estimate of drug-likeness (QED) is 0.193. The molecule has 0 bridgehead atoms. The lowest BCUT2D eigenvalue weighted by Crippen LogP contribution is -1.97. The van der Waals surface area contributed by atoms with E-state index in [0.717, 1.165) is 66.5 Å². The average molecular weight is 636 g/mol. The molecule has 0 spiro atoms. The van der Waals surface area contributed by atoms with E-state index in [2.05, 4.69) is 118 Å². The Bertz CT molecular complexity index is 2830. The van der Waals surface area contributed by atoms with Gasteiger partial charge in [0.05, 0.1) is 57.0 Å². The zero-order valence-electron chi connectivity index (χ0n) is 26.7. The fourth-order valence-corrected chi connectivity index (χ4v) is 7.28. The van der Waals surface area contributed by atoms with Crippen molar-refractivity contribution >= 4 is 43.6 Å². The molecule has 0 radical (unpaired) electrons. The second-order valence-electron chi connectivity index (χ2n) is 12.4. The Kier molecular flexibility index (Phi) is 6.56. The molecule has 2 aromatic heterocycles. The van der Waals surface area contributed by atoms with Gasteiger partial charge in [-0.25, -0.2) is 0 Å². The number of para-hydroxylation sites is 2. The molecule has 9 rings (SSSR count). The maximum Gasteiger partial charge on any atom is 0.0991 e. The molecule has 0 N–H and O–H groups in total. The van der Waals surface area contributed by atoms with Gasteiger partial charge in [0.15, 0.2) is 0 Å². The topological polar surface area (TPSA) is 81.2 Å².